The normalized spacial score (nSPS) is 15.5. The van der Waals surface area contributed by atoms with Crippen LogP contribution >= 0.6 is 11.8 Å². The van der Waals surface area contributed by atoms with E-state index in [-0.39, 0.29) is 0 Å². The predicted molar refractivity (Wildman–Crippen MR) is 101 cm³/mol. The number of fused-ring (bicyclic) bond motifs is 1. The molecular formula is C20H20ClF2N3. The Labute approximate surface area is 156 Å². The number of benzene rings is 2. The third-order valence-corrected chi connectivity index (χ3v) is 5.43. The maximum atomic E-state index is 13.9. The molecule has 0 unspecified atom stereocenters. The van der Waals surface area contributed by atoms with E-state index in [1.165, 1.54) is 31.4 Å². The second-order valence-corrected chi connectivity index (χ2v) is 7.13. The molecule has 0 amide bonds. The molecule has 1 fully saturated rings. The lowest BCUT2D eigenvalue weighted by atomic mass is 9.89. The van der Waals surface area contributed by atoms with E-state index in [0.717, 1.165) is 30.6 Å². The minimum absolute atomic E-state index is 0.457. The SMILES string of the molecule is Fc1cc2nc(-c3ccccc3NCl)n(CC3CCCCC3)c2cc1F. The van der Waals surface area contributed by atoms with Crippen molar-refractivity contribution in [2.75, 3.05) is 4.84 Å². The Morgan fingerprint density at radius 1 is 1.08 bits per heavy atom. The average Bonchev–Trinajstić information content (AvgIpc) is 3.00. The maximum absolute atomic E-state index is 13.9. The highest BCUT2D eigenvalue weighted by Gasteiger charge is 2.21. The molecule has 26 heavy (non-hydrogen) atoms. The van der Waals surface area contributed by atoms with Gasteiger partial charge in [0.15, 0.2) is 11.6 Å². The van der Waals surface area contributed by atoms with Crippen molar-refractivity contribution in [3.63, 3.8) is 0 Å². The molecule has 1 aromatic heterocycles. The summed E-state index contributed by atoms with van der Waals surface area (Å²) in [5, 5.41) is 0. The molecule has 1 N–H and O–H groups in total. The number of para-hydroxylation sites is 1. The topological polar surface area (TPSA) is 29.9 Å². The summed E-state index contributed by atoms with van der Waals surface area (Å²) in [5.74, 6) is -0.531. The van der Waals surface area contributed by atoms with Crippen LogP contribution in [0, 0.1) is 17.6 Å². The Morgan fingerprint density at radius 3 is 2.58 bits per heavy atom. The van der Waals surface area contributed by atoms with Crippen LogP contribution in [-0.4, -0.2) is 9.55 Å². The standard InChI is InChI=1S/C20H20ClF2N3/c21-25-17-9-5-4-8-14(17)20-24-18-10-15(22)16(23)11-19(18)26(20)12-13-6-2-1-3-7-13/h4-5,8-11,13,25H,1-3,6-7,12H2. The van der Waals surface area contributed by atoms with Gasteiger partial charge in [0.1, 0.15) is 5.82 Å². The zero-order chi connectivity index (χ0) is 18.1. The zero-order valence-corrected chi connectivity index (χ0v) is 15.1. The van der Waals surface area contributed by atoms with Crippen LogP contribution in [-0.2, 0) is 6.54 Å². The van der Waals surface area contributed by atoms with E-state index in [9.17, 15) is 8.78 Å². The lowest BCUT2D eigenvalue weighted by Crippen LogP contribution is -2.15. The van der Waals surface area contributed by atoms with Crippen molar-refractivity contribution in [3.05, 3.63) is 48.0 Å². The summed E-state index contributed by atoms with van der Waals surface area (Å²) in [7, 11) is 0. The Hall–Kier alpha value is -2.14. The highest BCUT2D eigenvalue weighted by atomic mass is 35.5. The molecule has 136 valence electrons. The van der Waals surface area contributed by atoms with Crippen molar-refractivity contribution in [3.8, 4) is 11.4 Å². The van der Waals surface area contributed by atoms with Crippen molar-refractivity contribution in [2.24, 2.45) is 5.92 Å². The Kier molecular flexibility index (Phi) is 4.81. The molecule has 4 rings (SSSR count). The Balaban J connectivity index is 1.88. The number of nitrogens with zero attached hydrogens (tertiary/aromatic N) is 2. The second-order valence-electron chi connectivity index (χ2n) is 6.95. The average molecular weight is 376 g/mol. The van der Waals surface area contributed by atoms with Gasteiger partial charge in [-0.2, -0.15) is 0 Å². The highest BCUT2D eigenvalue weighted by Crippen LogP contribution is 2.34. The molecule has 0 aliphatic heterocycles. The molecule has 3 nitrogen and oxygen atoms in total. The van der Waals surface area contributed by atoms with Crippen LogP contribution in [0.25, 0.3) is 22.4 Å². The first-order valence-corrected chi connectivity index (χ1v) is 9.36. The van der Waals surface area contributed by atoms with E-state index in [1.807, 2.05) is 28.8 Å². The smallest absolute Gasteiger partial charge is 0.161 e. The van der Waals surface area contributed by atoms with Gasteiger partial charge in [-0.05, 0) is 30.9 Å². The van der Waals surface area contributed by atoms with E-state index in [0.29, 0.717) is 22.8 Å². The molecule has 0 bridgehead atoms. The second kappa shape index (κ2) is 7.23. The van der Waals surface area contributed by atoms with Crippen LogP contribution in [0.2, 0.25) is 0 Å². The number of aromatic nitrogens is 2. The summed E-state index contributed by atoms with van der Waals surface area (Å²) in [5.41, 5.74) is 2.61. The van der Waals surface area contributed by atoms with Gasteiger partial charge in [-0.25, -0.2) is 13.8 Å². The first-order valence-electron chi connectivity index (χ1n) is 8.98. The number of nitrogens with one attached hydrogen (secondary N) is 1. The van der Waals surface area contributed by atoms with E-state index >= 15 is 0 Å². The molecule has 0 radical (unpaired) electrons. The van der Waals surface area contributed by atoms with Crippen LogP contribution in [0.5, 0.6) is 0 Å². The van der Waals surface area contributed by atoms with Gasteiger partial charge in [0.25, 0.3) is 0 Å². The van der Waals surface area contributed by atoms with Crippen molar-refractivity contribution in [1.82, 2.24) is 9.55 Å². The zero-order valence-electron chi connectivity index (χ0n) is 14.3. The summed E-state index contributed by atoms with van der Waals surface area (Å²) in [6, 6.07) is 9.97. The fraction of sp³-hybridized carbons (Fsp3) is 0.350. The van der Waals surface area contributed by atoms with Crippen LogP contribution in [0.4, 0.5) is 14.5 Å². The monoisotopic (exact) mass is 375 g/mol. The van der Waals surface area contributed by atoms with Gasteiger partial charge in [0, 0.05) is 36.0 Å². The minimum atomic E-state index is -0.880. The van der Waals surface area contributed by atoms with Crippen LogP contribution in [0.1, 0.15) is 32.1 Å². The maximum Gasteiger partial charge on any atom is 0.161 e. The number of imidazole rings is 1. The number of rotatable bonds is 4. The quantitative estimate of drug-likeness (QED) is 0.556. The molecule has 1 aliphatic rings. The molecule has 0 saturated heterocycles. The van der Waals surface area contributed by atoms with Gasteiger partial charge in [-0.15, -0.1) is 0 Å². The summed E-state index contributed by atoms with van der Waals surface area (Å²) >= 11 is 5.87. The van der Waals surface area contributed by atoms with Crippen LogP contribution in [0.15, 0.2) is 36.4 Å². The first-order chi connectivity index (χ1) is 12.7. The van der Waals surface area contributed by atoms with Gasteiger partial charge in [0.2, 0.25) is 0 Å². The van der Waals surface area contributed by atoms with Crippen molar-refractivity contribution >= 4 is 28.5 Å². The summed E-state index contributed by atoms with van der Waals surface area (Å²) in [4.78, 5) is 7.28. The van der Waals surface area contributed by atoms with Crippen molar-refractivity contribution in [1.29, 1.82) is 0 Å². The molecular weight excluding hydrogens is 356 g/mol. The Morgan fingerprint density at radius 2 is 1.81 bits per heavy atom. The van der Waals surface area contributed by atoms with Gasteiger partial charge in [0.05, 0.1) is 16.7 Å². The molecule has 0 spiro atoms. The molecule has 1 aliphatic carbocycles. The largest absolute Gasteiger partial charge is 0.324 e. The minimum Gasteiger partial charge on any atom is -0.324 e. The molecule has 1 saturated carbocycles. The third-order valence-electron chi connectivity index (χ3n) is 5.23. The predicted octanol–water partition coefficient (Wildman–Crippen LogP) is 6.13. The Bertz CT molecular complexity index is 932. The highest BCUT2D eigenvalue weighted by molar-refractivity contribution is 6.24. The molecule has 6 heteroatoms. The fourth-order valence-corrected chi connectivity index (χ4v) is 4.06. The first kappa shape index (κ1) is 17.3. The van der Waals surface area contributed by atoms with E-state index < -0.39 is 11.6 Å². The number of hydrogen-bond acceptors (Lipinski definition) is 2. The van der Waals surface area contributed by atoms with Crippen LogP contribution in [0.3, 0.4) is 0 Å². The summed E-state index contributed by atoms with van der Waals surface area (Å²) in [6.07, 6.45) is 6.01. The van der Waals surface area contributed by atoms with E-state index in [1.54, 1.807) is 0 Å². The van der Waals surface area contributed by atoms with E-state index in [2.05, 4.69) is 9.82 Å². The van der Waals surface area contributed by atoms with E-state index in [4.69, 9.17) is 11.8 Å². The van der Waals surface area contributed by atoms with Crippen LogP contribution < -0.4 is 4.84 Å². The lowest BCUT2D eigenvalue weighted by Gasteiger charge is -2.23. The molecule has 2 aromatic carbocycles. The van der Waals surface area contributed by atoms with Gasteiger partial charge in [-0.3, -0.25) is 4.84 Å². The molecule has 1 heterocycles. The molecule has 0 atom stereocenters. The lowest BCUT2D eigenvalue weighted by molar-refractivity contribution is 0.323. The van der Waals surface area contributed by atoms with Crippen molar-refractivity contribution < 1.29 is 8.78 Å². The number of halogens is 3. The molecule has 3 aromatic rings. The number of hydrogen-bond donors (Lipinski definition) is 1. The summed E-state index contributed by atoms with van der Waals surface area (Å²) in [6.45, 7) is 0.744. The van der Waals surface area contributed by atoms with Gasteiger partial charge in [-0.1, -0.05) is 31.4 Å². The van der Waals surface area contributed by atoms with Gasteiger partial charge < -0.3 is 4.57 Å². The third kappa shape index (κ3) is 3.16. The fourth-order valence-electron chi connectivity index (χ4n) is 3.90. The van der Waals surface area contributed by atoms with Gasteiger partial charge >= 0.3 is 0 Å². The van der Waals surface area contributed by atoms with Crippen molar-refractivity contribution in [2.45, 2.75) is 38.6 Å². The number of anilines is 1. The summed E-state index contributed by atoms with van der Waals surface area (Å²) < 4.78 is 29.7.